The maximum atomic E-state index is 2.31. The van der Waals surface area contributed by atoms with Crippen molar-refractivity contribution in [2.75, 3.05) is 0 Å². The second-order valence-electron chi connectivity index (χ2n) is 3.24. The predicted octanol–water partition coefficient (Wildman–Crippen LogP) is 1.99. The Kier molecular flexibility index (Phi) is 6.49. The minimum atomic E-state index is 0.916. The SMILES string of the molecule is CC(C)CCCCC[SiH3]. The van der Waals surface area contributed by atoms with E-state index in [2.05, 4.69) is 13.8 Å². The van der Waals surface area contributed by atoms with Crippen molar-refractivity contribution in [3.8, 4) is 0 Å². The summed E-state index contributed by atoms with van der Waals surface area (Å²) in [6, 6.07) is 1.50. The Morgan fingerprint density at radius 1 is 1.11 bits per heavy atom. The lowest BCUT2D eigenvalue weighted by molar-refractivity contribution is 0.534. The molecule has 1 heteroatoms. The van der Waals surface area contributed by atoms with Crippen molar-refractivity contribution in [1.29, 1.82) is 0 Å². The highest BCUT2D eigenvalue weighted by molar-refractivity contribution is 6.08. The molecule has 0 N–H and O–H groups in total. The lowest BCUT2D eigenvalue weighted by Gasteiger charge is -2.01. The molecular formula is C8H20Si. The fourth-order valence-electron chi connectivity index (χ4n) is 0.979. The first-order chi connectivity index (χ1) is 4.27. The molecule has 0 bridgehead atoms. The molecule has 0 aliphatic rings. The molecule has 56 valence electrons. The normalized spacial score (nSPS) is 11.0. The van der Waals surface area contributed by atoms with Crippen molar-refractivity contribution in [3.63, 3.8) is 0 Å². The topological polar surface area (TPSA) is 0 Å². The van der Waals surface area contributed by atoms with E-state index in [0.717, 1.165) is 5.92 Å². The molecule has 0 rings (SSSR count). The van der Waals surface area contributed by atoms with Gasteiger partial charge in [0.15, 0.2) is 0 Å². The van der Waals surface area contributed by atoms with Gasteiger partial charge in [0.25, 0.3) is 0 Å². The largest absolute Gasteiger partial charge is 0.0658 e. The van der Waals surface area contributed by atoms with E-state index in [1.54, 1.807) is 0 Å². The number of hydrogen-bond acceptors (Lipinski definition) is 0. The molecule has 0 heterocycles. The van der Waals surface area contributed by atoms with Crippen LogP contribution in [0.2, 0.25) is 6.04 Å². The van der Waals surface area contributed by atoms with E-state index in [1.165, 1.54) is 42.0 Å². The van der Waals surface area contributed by atoms with Crippen LogP contribution in [0.25, 0.3) is 0 Å². The highest BCUT2D eigenvalue weighted by Gasteiger charge is 1.91. The van der Waals surface area contributed by atoms with E-state index in [9.17, 15) is 0 Å². The van der Waals surface area contributed by atoms with Crippen molar-refractivity contribution in [3.05, 3.63) is 0 Å². The van der Waals surface area contributed by atoms with Crippen LogP contribution in [0.3, 0.4) is 0 Å². The molecule has 0 atom stereocenters. The maximum Gasteiger partial charge on any atom is 0.00279 e. The van der Waals surface area contributed by atoms with Crippen LogP contribution >= 0.6 is 0 Å². The van der Waals surface area contributed by atoms with Gasteiger partial charge in [-0.3, -0.25) is 0 Å². The molecule has 0 aliphatic carbocycles. The summed E-state index contributed by atoms with van der Waals surface area (Å²) in [5.41, 5.74) is 0. The third-order valence-corrected chi connectivity index (χ3v) is 2.34. The molecule has 0 unspecified atom stereocenters. The van der Waals surface area contributed by atoms with Crippen molar-refractivity contribution in [2.24, 2.45) is 5.92 Å². The van der Waals surface area contributed by atoms with Crippen LogP contribution in [-0.2, 0) is 0 Å². The van der Waals surface area contributed by atoms with Gasteiger partial charge < -0.3 is 0 Å². The molecular weight excluding hydrogens is 124 g/mol. The molecule has 0 aromatic carbocycles. The summed E-state index contributed by atoms with van der Waals surface area (Å²) < 4.78 is 0. The molecule has 0 nitrogen and oxygen atoms in total. The Morgan fingerprint density at radius 2 is 1.78 bits per heavy atom. The third kappa shape index (κ3) is 8.22. The van der Waals surface area contributed by atoms with Gasteiger partial charge in [-0.2, -0.15) is 0 Å². The average molecular weight is 144 g/mol. The summed E-state index contributed by atoms with van der Waals surface area (Å²) in [6.45, 7) is 4.61. The first-order valence-electron chi connectivity index (χ1n) is 4.27. The fourth-order valence-corrected chi connectivity index (χ4v) is 1.48. The zero-order valence-electron chi connectivity index (χ0n) is 7.11. The lowest BCUT2D eigenvalue weighted by atomic mass is 10.1. The number of hydrogen-bond donors (Lipinski definition) is 0. The van der Waals surface area contributed by atoms with Crippen LogP contribution in [0.15, 0.2) is 0 Å². The highest BCUT2D eigenvalue weighted by atomic mass is 28.1. The van der Waals surface area contributed by atoms with Gasteiger partial charge in [0, 0.05) is 10.2 Å². The van der Waals surface area contributed by atoms with Gasteiger partial charge >= 0.3 is 0 Å². The minimum Gasteiger partial charge on any atom is -0.0658 e. The Labute approximate surface area is 62.5 Å². The van der Waals surface area contributed by atoms with Crippen LogP contribution in [0.1, 0.15) is 39.5 Å². The molecule has 0 aromatic heterocycles. The van der Waals surface area contributed by atoms with Crippen LogP contribution < -0.4 is 0 Å². The fraction of sp³-hybridized carbons (Fsp3) is 1.00. The molecule has 0 aromatic rings. The Balaban J connectivity index is 2.75. The van der Waals surface area contributed by atoms with Crippen LogP contribution in [0.5, 0.6) is 0 Å². The van der Waals surface area contributed by atoms with Crippen molar-refractivity contribution in [2.45, 2.75) is 45.6 Å². The summed E-state index contributed by atoms with van der Waals surface area (Å²) in [7, 11) is 1.40. The van der Waals surface area contributed by atoms with E-state index >= 15 is 0 Å². The van der Waals surface area contributed by atoms with Gasteiger partial charge in [0.1, 0.15) is 0 Å². The van der Waals surface area contributed by atoms with Gasteiger partial charge in [0.05, 0.1) is 0 Å². The minimum absolute atomic E-state index is 0.916. The van der Waals surface area contributed by atoms with Crippen molar-refractivity contribution in [1.82, 2.24) is 0 Å². The summed E-state index contributed by atoms with van der Waals surface area (Å²) in [4.78, 5) is 0. The zero-order valence-corrected chi connectivity index (χ0v) is 9.11. The van der Waals surface area contributed by atoms with E-state index in [0.29, 0.717) is 0 Å². The second kappa shape index (κ2) is 6.34. The highest BCUT2D eigenvalue weighted by Crippen LogP contribution is 2.08. The first-order valence-corrected chi connectivity index (χ1v) is 5.68. The van der Waals surface area contributed by atoms with Crippen LogP contribution in [0.4, 0.5) is 0 Å². The van der Waals surface area contributed by atoms with Gasteiger partial charge in [-0.1, -0.05) is 45.6 Å². The molecule has 0 aliphatic heterocycles. The van der Waals surface area contributed by atoms with Crippen LogP contribution in [0, 0.1) is 5.92 Å². The molecule has 0 saturated carbocycles. The Bertz CT molecular complexity index is 50.5. The van der Waals surface area contributed by atoms with Gasteiger partial charge in [-0.15, -0.1) is 0 Å². The third-order valence-electron chi connectivity index (χ3n) is 1.64. The Hall–Kier alpha value is 0.217. The van der Waals surface area contributed by atoms with Gasteiger partial charge in [0.2, 0.25) is 0 Å². The first kappa shape index (κ1) is 9.22. The molecule has 0 spiro atoms. The van der Waals surface area contributed by atoms with E-state index < -0.39 is 0 Å². The summed E-state index contributed by atoms with van der Waals surface area (Å²) in [6.07, 6.45) is 5.85. The second-order valence-corrected chi connectivity index (χ2v) is 4.24. The lowest BCUT2D eigenvalue weighted by Crippen LogP contribution is -1.86. The molecule has 0 amide bonds. The zero-order chi connectivity index (χ0) is 7.11. The molecule has 9 heavy (non-hydrogen) atoms. The summed E-state index contributed by atoms with van der Waals surface area (Å²) in [5.74, 6) is 0.916. The smallest absolute Gasteiger partial charge is 0.00279 e. The van der Waals surface area contributed by atoms with Gasteiger partial charge in [-0.25, -0.2) is 0 Å². The van der Waals surface area contributed by atoms with E-state index in [4.69, 9.17) is 0 Å². The monoisotopic (exact) mass is 144 g/mol. The van der Waals surface area contributed by atoms with Crippen LogP contribution in [-0.4, -0.2) is 10.2 Å². The summed E-state index contributed by atoms with van der Waals surface area (Å²) in [5, 5.41) is 0. The maximum absolute atomic E-state index is 2.31. The summed E-state index contributed by atoms with van der Waals surface area (Å²) >= 11 is 0. The molecule has 0 radical (unpaired) electrons. The van der Waals surface area contributed by atoms with Gasteiger partial charge in [-0.05, 0) is 5.92 Å². The molecule has 0 fully saturated rings. The van der Waals surface area contributed by atoms with Crippen molar-refractivity contribution >= 4 is 10.2 Å². The van der Waals surface area contributed by atoms with E-state index in [1.807, 2.05) is 0 Å². The quantitative estimate of drug-likeness (QED) is 0.409. The predicted molar refractivity (Wildman–Crippen MR) is 48.1 cm³/mol. The number of unbranched alkanes of at least 4 members (excludes halogenated alkanes) is 2. The molecule has 0 saturated heterocycles. The number of rotatable bonds is 5. The van der Waals surface area contributed by atoms with Crippen molar-refractivity contribution < 1.29 is 0 Å². The Morgan fingerprint density at radius 3 is 2.22 bits per heavy atom. The van der Waals surface area contributed by atoms with E-state index in [-0.39, 0.29) is 0 Å². The standard InChI is InChI=1S/C8H20Si/c1-8(2)6-4-3-5-7-9/h8H,3-7H2,1-2,9H3. The average Bonchev–Trinajstić information content (AvgIpc) is 1.80.